The number of carbonyl (C=O) groups is 1. The minimum absolute atomic E-state index is 0.0776. The molecule has 7 nitrogen and oxygen atoms in total. The van der Waals surface area contributed by atoms with E-state index < -0.39 is 15.9 Å². The molecular weight excluding hydrogens is 516 g/mol. The Bertz CT molecular complexity index is 1470. The van der Waals surface area contributed by atoms with E-state index in [-0.39, 0.29) is 17.3 Å². The molecule has 174 valence electrons. The lowest BCUT2D eigenvalue weighted by molar-refractivity contribution is -0.122. The van der Waals surface area contributed by atoms with Crippen LogP contribution in [0.15, 0.2) is 88.4 Å². The maximum absolute atomic E-state index is 13.3. The van der Waals surface area contributed by atoms with Gasteiger partial charge in [0.25, 0.3) is 0 Å². The van der Waals surface area contributed by atoms with Crippen LogP contribution in [0.1, 0.15) is 17.2 Å². The minimum atomic E-state index is -3.42. The molecule has 3 aromatic carbocycles. The van der Waals surface area contributed by atoms with Crippen LogP contribution in [-0.4, -0.2) is 25.6 Å². The third-order valence-corrected chi connectivity index (χ3v) is 7.07. The first-order chi connectivity index (χ1) is 16.2. The Hall–Kier alpha value is -3.43. The number of nitrogen functional groups attached to an aromatic ring is 1. The maximum Gasteiger partial charge on any atom is 0.247 e. The number of sulfone groups is 1. The van der Waals surface area contributed by atoms with Crippen molar-refractivity contribution in [3.63, 3.8) is 0 Å². The number of carbonyl (C=O) groups excluding carboxylic acids is 1. The van der Waals surface area contributed by atoms with Crippen LogP contribution in [0, 0.1) is 0 Å². The number of hydrogen-bond donors (Lipinski definition) is 3. The molecule has 0 spiro atoms. The van der Waals surface area contributed by atoms with E-state index in [1.165, 1.54) is 6.07 Å². The van der Waals surface area contributed by atoms with Crippen LogP contribution in [0.25, 0.3) is 10.8 Å². The maximum atomic E-state index is 13.3. The fraction of sp³-hybridized carbons (Fsp3) is 0.120. The number of nitrogens with one attached hydrogen (secondary N) is 2. The van der Waals surface area contributed by atoms with E-state index in [1.807, 2.05) is 48.5 Å². The second-order valence-electron chi connectivity index (χ2n) is 7.86. The molecule has 4 aromatic rings. The standard InChI is InChI=1S/C25H23BrN4O3S/c1-34(32,33)22-8-3-2-5-18(22)15-29-25(31)23(17-6-4-7-19(26)13-17)30-20-9-10-21-16(14-20)11-12-28-24(21)27/h2-14,23,30H,15H2,1H3,(H2,27,28)(H,29,31). The summed E-state index contributed by atoms with van der Waals surface area (Å²) in [5.74, 6) is 0.144. The molecule has 0 aliphatic rings. The fourth-order valence-electron chi connectivity index (χ4n) is 3.74. The van der Waals surface area contributed by atoms with Crippen molar-refractivity contribution in [2.24, 2.45) is 0 Å². The van der Waals surface area contributed by atoms with Gasteiger partial charge in [-0.05, 0) is 59.0 Å². The second-order valence-corrected chi connectivity index (χ2v) is 10.8. The third kappa shape index (κ3) is 5.37. The molecule has 0 saturated heterocycles. The number of amides is 1. The molecule has 1 atom stereocenters. The quantitative estimate of drug-likeness (QED) is 0.320. The van der Waals surface area contributed by atoms with E-state index in [2.05, 4.69) is 31.5 Å². The fourth-order valence-corrected chi connectivity index (χ4v) is 5.10. The van der Waals surface area contributed by atoms with Crippen LogP contribution >= 0.6 is 15.9 Å². The van der Waals surface area contributed by atoms with E-state index in [0.29, 0.717) is 11.4 Å². The van der Waals surface area contributed by atoms with Gasteiger partial charge in [-0.15, -0.1) is 0 Å². The van der Waals surface area contributed by atoms with E-state index in [9.17, 15) is 13.2 Å². The van der Waals surface area contributed by atoms with Crippen molar-refractivity contribution in [1.29, 1.82) is 0 Å². The number of pyridine rings is 1. The van der Waals surface area contributed by atoms with Crippen molar-refractivity contribution in [3.8, 4) is 0 Å². The Labute approximate surface area is 206 Å². The summed E-state index contributed by atoms with van der Waals surface area (Å²) in [5.41, 5.74) is 7.96. The van der Waals surface area contributed by atoms with Gasteiger partial charge in [-0.3, -0.25) is 4.79 Å². The van der Waals surface area contributed by atoms with Gasteiger partial charge in [-0.25, -0.2) is 13.4 Å². The van der Waals surface area contributed by atoms with Crippen LogP contribution < -0.4 is 16.4 Å². The molecule has 1 amide bonds. The van der Waals surface area contributed by atoms with Gasteiger partial charge in [-0.1, -0.05) is 46.3 Å². The molecule has 0 radical (unpaired) electrons. The molecule has 0 saturated carbocycles. The highest BCUT2D eigenvalue weighted by Crippen LogP contribution is 2.27. The monoisotopic (exact) mass is 538 g/mol. The van der Waals surface area contributed by atoms with Crippen molar-refractivity contribution in [1.82, 2.24) is 10.3 Å². The Morgan fingerprint density at radius 3 is 2.62 bits per heavy atom. The minimum Gasteiger partial charge on any atom is -0.383 e. The topological polar surface area (TPSA) is 114 Å². The molecule has 34 heavy (non-hydrogen) atoms. The van der Waals surface area contributed by atoms with Crippen molar-refractivity contribution >= 4 is 54.0 Å². The predicted octanol–water partition coefficient (Wildman–Crippen LogP) is 4.45. The number of benzene rings is 3. The average molecular weight is 539 g/mol. The number of rotatable bonds is 7. The summed E-state index contributed by atoms with van der Waals surface area (Å²) in [6, 6.07) is 20.8. The molecule has 4 rings (SSSR count). The molecular formula is C25H23BrN4O3S. The summed E-state index contributed by atoms with van der Waals surface area (Å²) in [5, 5.41) is 7.91. The highest BCUT2D eigenvalue weighted by molar-refractivity contribution is 9.10. The van der Waals surface area contributed by atoms with Crippen LogP contribution in [0.2, 0.25) is 0 Å². The predicted molar refractivity (Wildman–Crippen MR) is 138 cm³/mol. The zero-order valence-corrected chi connectivity index (χ0v) is 20.7. The summed E-state index contributed by atoms with van der Waals surface area (Å²) in [6.45, 7) is 0.0776. The lowest BCUT2D eigenvalue weighted by atomic mass is 10.0. The van der Waals surface area contributed by atoms with Crippen molar-refractivity contribution in [2.75, 3.05) is 17.3 Å². The largest absolute Gasteiger partial charge is 0.383 e. The number of hydrogen-bond acceptors (Lipinski definition) is 6. The van der Waals surface area contributed by atoms with Gasteiger partial charge >= 0.3 is 0 Å². The molecule has 0 bridgehead atoms. The van der Waals surface area contributed by atoms with Gasteiger partial charge in [0.15, 0.2) is 9.84 Å². The van der Waals surface area contributed by atoms with Gasteiger partial charge in [-0.2, -0.15) is 0 Å². The van der Waals surface area contributed by atoms with E-state index >= 15 is 0 Å². The van der Waals surface area contributed by atoms with Crippen LogP contribution in [0.4, 0.5) is 11.5 Å². The van der Waals surface area contributed by atoms with Gasteiger partial charge in [0.05, 0.1) is 4.90 Å². The molecule has 0 fully saturated rings. The molecule has 1 unspecified atom stereocenters. The smallest absolute Gasteiger partial charge is 0.247 e. The number of nitrogens with two attached hydrogens (primary N) is 1. The Balaban J connectivity index is 1.63. The van der Waals surface area contributed by atoms with Gasteiger partial charge < -0.3 is 16.4 Å². The molecule has 9 heteroatoms. The number of fused-ring (bicyclic) bond motifs is 1. The first-order valence-corrected chi connectivity index (χ1v) is 13.1. The summed E-state index contributed by atoms with van der Waals surface area (Å²) >= 11 is 3.47. The zero-order chi connectivity index (χ0) is 24.3. The van der Waals surface area contributed by atoms with Crippen molar-refractivity contribution in [3.05, 3.63) is 94.6 Å². The molecule has 0 aliphatic carbocycles. The summed E-state index contributed by atoms with van der Waals surface area (Å²) in [7, 11) is -3.42. The highest BCUT2D eigenvalue weighted by atomic mass is 79.9. The molecule has 1 aromatic heterocycles. The van der Waals surface area contributed by atoms with Gasteiger partial charge in [0.2, 0.25) is 5.91 Å². The first-order valence-electron chi connectivity index (χ1n) is 10.4. The van der Waals surface area contributed by atoms with E-state index in [4.69, 9.17) is 5.73 Å². The van der Waals surface area contributed by atoms with Crippen molar-refractivity contribution in [2.45, 2.75) is 17.5 Å². The van der Waals surface area contributed by atoms with Crippen LogP contribution in [-0.2, 0) is 21.2 Å². The Morgan fingerprint density at radius 1 is 1.06 bits per heavy atom. The van der Waals surface area contributed by atoms with Gasteiger partial charge in [0, 0.05) is 34.5 Å². The lowest BCUT2D eigenvalue weighted by Gasteiger charge is -2.21. The third-order valence-electron chi connectivity index (χ3n) is 5.38. The lowest BCUT2D eigenvalue weighted by Crippen LogP contribution is -2.33. The number of nitrogens with zero attached hydrogens (tertiary/aromatic N) is 1. The molecule has 1 heterocycles. The Kier molecular flexibility index (Phi) is 6.85. The SMILES string of the molecule is CS(=O)(=O)c1ccccc1CNC(=O)C(Nc1ccc2c(N)nccc2c1)c1cccc(Br)c1. The van der Waals surface area contributed by atoms with Crippen molar-refractivity contribution < 1.29 is 13.2 Å². The summed E-state index contributed by atoms with van der Waals surface area (Å²) < 4.78 is 25.1. The molecule has 4 N–H and O–H groups in total. The summed E-state index contributed by atoms with van der Waals surface area (Å²) in [4.78, 5) is 17.6. The van der Waals surface area contributed by atoms with E-state index in [1.54, 1.807) is 24.4 Å². The second kappa shape index (κ2) is 9.82. The Morgan fingerprint density at radius 2 is 1.85 bits per heavy atom. The van der Waals surface area contributed by atoms with E-state index in [0.717, 1.165) is 32.8 Å². The summed E-state index contributed by atoms with van der Waals surface area (Å²) in [6.07, 6.45) is 2.79. The van der Waals surface area contributed by atoms with Gasteiger partial charge in [0.1, 0.15) is 11.9 Å². The first kappa shape index (κ1) is 23.7. The van der Waals surface area contributed by atoms with Crippen LogP contribution in [0.5, 0.6) is 0 Å². The normalized spacial score (nSPS) is 12.3. The number of aromatic nitrogens is 1. The highest BCUT2D eigenvalue weighted by Gasteiger charge is 2.22. The average Bonchev–Trinajstić information content (AvgIpc) is 2.80. The number of anilines is 2. The molecule has 0 aliphatic heterocycles. The number of halogens is 1. The zero-order valence-electron chi connectivity index (χ0n) is 18.3. The van der Waals surface area contributed by atoms with Crippen LogP contribution in [0.3, 0.4) is 0 Å².